The summed E-state index contributed by atoms with van der Waals surface area (Å²) >= 11 is 10.3. The van der Waals surface area contributed by atoms with Crippen LogP contribution in [-0.2, 0) is 4.74 Å². The Kier molecular flexibility index (Phi) is 3.51. The van der Waals surface area contributed by atoms with Crippen LogP contribution in [0.15, 0.2) is 16.7 Å². The summed E-state index contributed by atoms with van der Waals surface area (Å²) in [6, 6.07) is 2.06. The van der Waals surface area contributed by atoms with Crippen LogP contribution in [0, 0.1) is 5.92 Å². The van der Waals surface area contributed by atoms with Gasteiger partial charge in [-0.25, -0.2) is 4.68 Å². The summed E-state index contributed by atoms with van der Waals surface area (Å²) in [4.78, 5) is 0. The van der Waals surface area contributed by atoms with Gasteiger partial charge in [-0.2, -0.15) is 5.10 Å². The van der Waals surface area contributed by atoms with E-state index in [2.05, 4.69) is 34.0 Å². The predicted molar refractivity (Wildman–Crippen MR) is 87.8 cm³/mol. The lowest BCUT2D eigenvalue weighted by Crippen LogP contribution is -2.18. The van der Waals surface area contributed by atoms with Crippen LogP contribution in [0.1, 0.15) is 50.3 Å². The maximum atomic E-state index is 6.56. The Labute approximate surface area is 137 Å². The Bertz CT molecular complexity index is 693. The fourth-order valence-corrected chi connectivity index (χ4v) is 4.61. The molecule has 1 aliphatic carbocycles. The highest BCUT2D eigenvalue weighted by Gasteiger charge is 2.37. The number of rotatable bonds is 2. The van der Waals surface area contributed by atoms with Crippen LogP contribution in [0.5, 0.6) is 0 Å². The van der Waals surface area contributed by atoms with E-state index in [-0.39, 0.29) is 6.23 Å². The molecule has 1 aromatic carbocycles. The van der Waals surface area contributed by atoms with Gasteiger partial charge in [-0.05, 0) is 65.1 Å². The molecule has 3 nitrogen and oxygen atoms in total. The number of halogens is 2. The molecule has 1 saturated heterocycles. The lowest BCUT2D eigenvalue weighted by Gasteiger charge is -2.23. The Morgan fingerprint density at radius 2 is 2.24 bits per heavy atom. The maximum absolute atomic E-state index is 6.56. The third-order valence-corrected chi connectivity index (χ3v) is 5.90. The number of ether oxygens (including phenoxy) is 1. The van der Waals surface area contributed by atoms with E-state index in [4.69, 9.17) is 16.3 Å². The Morgan fingerprint density at radius 3 is 2.90 bits per heavy atom. The van der Waals surface area contributed by atoms with Gasteiger partial charge in [0.15, 0.2) is 6.23 Å². The molecule has 0 bridgehead atoms. The van der Waals surface area contributed by atoms with Crippen molar-refractivity contribution in [1.82, 2.24) is 9.78 Å². The third kappa shape index (κ3) is 2.32. The van der Waals surface area contributed by atoms with Crippen LogP contribution in [0.4, 0.5) is 0 Å². The van der Waals surface area contributed by atoms with Gasteiger partial charge >= 0.3 is 0 Å². The molecule has 0 N–H and O–H groups in total. The maximum Gasteiger partial charge on any atom is 0.150 e. The van der Waals surface area contributed by atoms with Crippen molar-refractivity contribution in [3.05, 3.63) is 27.3 Å². The van der Waals surface area contributed by atoms with Crippen molar-refractivity contribution in [2.45, 2.75) is 44.8 Å². The van der Waals surface area contributed by atoms with Crippen molar-refractivity contribution in [2.24, 2.45) is 5.92 Å². The molecule has 1 aliphatic heterocycles. The number of hydrogen-bond donors (Lipinski definition) is 0. The molecular weight excluding hydrogens is 352 g/mol. The molecule has 0 amide bonds. The molecule has 2 aliphatic rings. The van der Waals surface area contributed by atoms with E-state index in [0.29, 0.717) is 5.92 Å². The number of fused-ring (bicyclic) bond motifs is 1. The summed E-state index contributed by atoms with van der Waals surface area (Å²) in [6.07, 6.45) is 6.56. The van der Waals surface area contributed by atoms with Crippen molar-refractivity contribution in [3.8, 4) is 0 Å². The average molecular weight is 370 g/mol. The van der Waals surface area contributed by atoms with E-state index in [1.807, 2.05) is 10.9 Å². The summed E-state index contributed by atoms with van der Waals surface area (Å²) in [7, 11) is 0. The number of nitrogens with zero attached hydrogens (tertiary/aromatic N) is 2. The minimum atomic E-state index is 0.0462. The molecule has 3 atom stereocenters. The highest BCUT2D eigenvalue weighted by Crippen LogP contribution is 2.53. The van der Waals surface area contributed by atoms with Crippen LogP contribution in [0.2, 0.25) is 5.02 Å². The van der Waals surface area contributed by atoms with E-state index < -0.39 is 0 Å². The van der Waals surface area contributed by atoms with Gasteiger partial charge in [0.05, 0.1) is 11.7 Å². The molecule has 5 heteroatoms. The van der Waals surface area contributed by atoms with Gasteiger partial charge in [-0.3, -0.25) is 0 Å². The Morgan fingerprint density at radius 1 is 1.43 bits per heavy atom. The summed E-state index contributed by atoms with van der Waals surface area (Å²) in [5.41, 5.74) is 2.32. The SMILES string of the molecule is C[C@@H]1C[C@H]1c1c(Cl)cc2c(cnn2C2CCCCO2)c1Br. The molecule has 1 saturated carbocycles. The molecule has 0 spiro atoms. The molecule has 4 rings (SSSR count). The van der Waals surface area contributed by atoms with Gasteiger partial charge in [-0.1, -0.05) is 18.5 Å². The average Bonchev–Trinajstić information content (AvgIpc) is 3.03. The normalized spacial score (nSPS) is 29.0. The second kappa shape index (κ2) is 5.25. The van der Waals surface area contributed by atoms with Crippen molar-refractivity contribution in [3.63, 3.8) is 0 Å². The van der Waals surface area contributed by atoms with Crippen molar-refractivity contribution < 1.29 is 4.74 Å². The second-order valence-electron chi connectivity index (χ2n) is 6.25. The molecule has 0 radical (unpaired) electrons. The Hall–Kier alpha value is -0.580. The van der Waals surface area contributed by atoms with Crippen molar-refractivity contribution >= 4 is 38.4 Å². The Balaban J connectivity index is 1.81. The zero-order chi connectivity index (χ0) is 14.6. The molecule has 1 aromatic heterocycles. The molecule has 1 unspecified atom stereocenters. The van der Waals surface area contributed by atoms with Crippen molar-refractivity contribution in [1.29, 1.82) is 0 Å². The minimum absolute atomic E-state index is 0.0462. The highest BCUT2D eigenvalue weighted by molar-refractivity contribution is 9.10. The molecule has 2 aromatic rings. The molecule has 21 heavy (non-hydrogen) atoms. The van der Waals surface area contributed by atoms with Gasteiger partial charge in [0.1, 0.15) is 0 Å². The summed E-state index contributed by atoms with van der Waals surface area (Å²) < 4.78 is 8.96. The van der Waals surface area contributed by atoms with Crippen LogP contribution >= 0.6 is 27.5 Å². The minimum Gasteiger partial charge on any atom is -0.356 e. The predicted octanol–water partition coefficient (Wildman–Crippen LogP) is 5.27. The highest BCUT2D eigenvalue weighted by atomic mass is 79.9. The van der Waals surface area contributed by atoms with E-state index in [1.54, 1.807) is 0 Å². The zero-order valence-corrected chi connectivity index (χ0v) is 14.3. The van der Waals surface area contributed by atoms with E-state index in [1.165, 1.54) is 18.4 Å². The van der Waals surface area contributed by atoms with Crippen molar-refractivity contribution in [2.75, 3.05) is 6.61 Å². The first kappa shape index (κ1) is 14.0. The monoisotopic (exact) mass is 368 g/mol. The fourth-order valence-electron chi connectivity index (χ4n) is 3.34. The van der Waals surface area contributed by atoms with E-state index >= 15 is 0 Å². The molecule has 2 fully saturated rings. The van der Waals surface area contributed by atoms with Crippen LogP contribution in [0.3, 0.4) is 0 Å². The standard InChI is InChI=1S/C16H18BrClN2O/c1-9-6-10(9)15-12(18)7-13-11(16(15)17)8-19-20(13)14-4-2-3-5-21-14/h7-10,14H,2-6H2,1H3/t9-,10-,14?/m1/s1. The lowest BCUT2D eigenvalue weighted by molar-refractivity contribution is -0.0366. The third-order valence-electron chi connectivity index (χ3n) is 4.74. The molecule has 112 valence electrons. The molecule has 2 heterocycles. The summed E-state index contributed by atoms with van der Waals surface area (Å²) in [6.45, 7) is 3.09. The van der Waals surface area contributed by atoms with Crippen LogP contribution in [0.25, 0.3) is 10.9 Å². The fraction of sp³-hybridized carbons (Fsp3) is 0.562. The summed E-state index contributed by atoms with van der Waals surface area (Å²) in [5.74, 6) is 1.32. The number of hydrogen-bond acceptors (Lipinski definition) is 2. The van der Waals surface area contributed by atoms with Gasteiger partial charge < -0.3 is 4.74 Å². The lowest BCUT2D eigenvalue weighted by atomic mass is 10.1. The number of benzene rings is 1. The first-order valence-electron chi connectivity index (χ1n) is 7.63. The summed E-state index contributed by atoms with van der Waals surface area (Å²) in [5, 5.41) is 6.55. The quantitative estimate of drug-likeness (QED) is 0.720. The van der Waals surface area contributed by atoms with Gasteiger partial charge in [-0.15, -0.1) is 0 Å². The first-order valence-corrected chi connectivity index (χ1v) is 8.80. The van der Waals surface area contributed by atoms with Crippen LogP contribution in [-0.4, -0.2) is 16.4 Å². The second-order valence-corrected chi connectivity index (χ2v) is 7.45. The largest absolute Gasteiger partial charge is 0.356 e. The van der Waals surface area contributed by atoms with Gasteiger partial charge in [0.2, 0.25) is 0 Å². The number of aromatic nitrogens is 2. The zero-order valence-electron chi connectivity index (χ0n) is 12.0. The topological polar surface area (TPSA) is 27.1 Å². The smallest absolute Gasteiger partial charge is 0.150 e. The van der Waals surface area contributed by atoms with Crippen LogP contribution < -0.4 is 0 Å². The van der Waals surface area contributed by atoms with E-state index in [0.717, 1.165) is 45.8 Å². The van der Waals surface area contributed by atoms with Gasteiger partial charge in [0.25, 0.3) is 0 Å². The van der Waals surface area contributed by atoms with Gasteiger partial charge in [0, 0.05) is 21.5 Å². The first-order chi connectivity index (χ1) is 10.2. The van der Waals surface area contributed by atoms with E-state index in [9.17, 15) is 0 Å². The molecular formula is C16H18BrClN2O.